The van der Waals surface area contributed by atoms with Crippen molar-refractivity contribution in [1.82, 2.24) is 14.5 Å². The molecule has 0 radical (unpaired) electrons. The quantitative estimate of drug-likeness (QED) is 0.326. The topological polar surface area (TPSA) is 88.2 Å². The Morgan fingerprint density at radius 2 is 1.64 bits per heavy atom. The second-order valence-corrected chi connectivity index (χ2v) is 13.9. The Labute approximate surface area is 260 Å². The fourth-order valence-electron chi connectivity index (χ4n) is 6.66. The standard InChI is InChI=1S/C34H42FN3O5S/c1-37(2)34(24-8-12-28(35)13-9-24)25-10-14-29(15-11-25)36-33(39)23-43-22-30-20-26-6-4-5-7-27(26)21-38(30)44(40,41)32-18-16-31(42-3)17-19-32/h4-9,12-13,16-19,25,29-30,34H,10-11,14-15,20-23H2,1-3H3,(H,36,39). The van der Waals surface area contributed by atoms with Gasteiger partial charge in [0.25, 0.3) is 0 Å². The number of halogens is 1. The molecule has 236 valence electrons. The predicted molar refractivity (Wildman–Crippen MR) is 167 cm³/mol. The van der Waals surface area contributed by atoms with Gasteiger partial charge in [-0.05, 0) is 105 Å². The number of nitrogens with one attached hydrogen (secondary N) is 1. The first-order valence-electron chi connectivity index (χ1n) is 15.2. The van der Waals surface area contributed by atoms with Gasteiger partial charge in [0, 0.05) is 18.6 Å². The van der Waals surface area contributed by atoms with Crippen LogP contribution in [0.2, 0.25) is 0 Å². The molecule has 8 nitrogen and oxygen atoms in total. The van der Waals surface area contributed by atoms with Crippen LogP contribution in [0, 0.1) is 11.7 Å². The second-order valence-electron chi connectivity index (χ2n) is 12.0. The van der Waals surface area contributed by atoms with Gasteiger partial charge >= 0.3 is 0 Å². The smallest absolute Gasteiger partial charge is 0.246 e. The van der Waals surface area contributed by atoms with E-state index in [1.165, 1.54) is 23.5 Å². The zero-order valence-electron chi connectivity index (χ0n) is 25.6. The van der Waals surface area contributed by atoms with Gasteiger partial charge in [0.05, 0.1) is 24.7 Å². The number of rotatable bonds is 11. The lowest BCUT2D eigenvalue weighted by molar-refractivity contribution is -0.127. The maximum absolute atomic E-state index is 13.7. The highest BCUT2D eigenvalue weighted by Gasteiger charge is 2.36. The molecule has 2 atom stereocenters. The van der Waals surface area contributed by atoms with Gasteiger partial charge in [-0.2, -0.15) is 4.31 Å². The number of carbonyl (C=O) groups is 1. The zero-order chi connectivity index (χ0) is 31.3. The van der Waals surface area contributed by atoms with Gasteiger partial charge in [0.2, 0.25) is 15.9 Å². The highest BCUT2D eigenvalue weighted by atomic mass is 32.2. The largest absolute Gasteiger partial charge is 0.497 e. The first-order valence-corrected chi connectivity index (χ1v) is 16.6. The van der Waals surface area contributed by atoms with E-state index >= 15 is 0 Å². The van der Waals surface area contributed by atoms with Crippen molar-refractivity contribution >= 4 is 15.9 Å². The molecule has 1 heterocycles. The summed E-state index contributed by atoms with van der Waals surface area (Å²) in [6.07, 6.45) is 4.11. The summed E-state index contributed by atoms with van der Waals surface area (Å²) in [5, 5.41) is 3.12. The third-order valence-electron chi connectivity index (χ3n) is 8.87. The molecule has 10 heteroatoms. The van der Waals surface area contributed by atoms with Gasteiger partial charge in [-0.25, -0.2) is 12.8 Å². The number of nitrogens with zero attached hydrogens (tertiary/aromatic N) is 2. The summed E-state index contributed by atoms with van der Waals surface area (Å²) >= 11 is 0. The zero-order valence-corrected chi connectivity index (χ0v) is 26.4. The highest BCUT2D eigenvalue weighted by molar-refractivity contribution is 7.89. The molecule has 0 bridgehead atoms. The Kier molecular flexibility index (Phi) is 10.4. The second kappa shape index (κ2) is 14.2. The molecule has 5 rings (SSSR count). The number of hydrogen-bond acceptors (Lipinski definition) is 6. The molecule has 1 amide bonds. The number of hydrogen-bond donors (Lipinski definition) is 1. The minimum absolute atomic E-state index is 0.0619. The predicted octanol–water partition coefficient (Wildman–Crippen LogP) is 4.94. The van der Waals surface area contributed by atoms with Gasteiger partial charge in [-0.1, -0.05) is 36.4 Å². The van der Waals surface area contributed by atoms with Gasteiger partial charge < -0.3 is 19.7 Å². The van der Waals surface area contributed by atoms with Gasteiger partial charge in [-0.15, -0.1) is 0 Å². The number of benzene rings is 3. The average Bonchev–Trinajstić information content (AvgIpc) is 3.02. The monoisotopic (exact) mass is 623 g/mol. The van der Waals surface area contributed by atoms with E-state index in [1.54, 1.807) is 24.3 Å². The minimum atomic E-state index is -3.82. The summed E-state index contributed by atoms with van der Waals surface area (Å²) < 4.78 is 53.5. The third-order valence-corrected chi connectivity index (χ3v) is 10.8. The molecule has 2 unspecified atom stereocenters. The van der Waals surface area contributed by atoms with Crippen LogP contribution in [0.1, 0.15) is 48.4 Å². The number of methoxy groups -OCH3 is 1. The molecule has 2 aliphatic rings. The van der Waals surface area contributed by atoms with Crippen LogP contribution in [-0.4, -0.2) is 70.0 Å². The molecule has 0 aromatic heterocycles. The molecule has 0 saturated heterocycles. The summed E-state index contributed by atoms with van der Waals surface area (Å²) in [4.78, 5) is 15.2. The van der Waals surface area contributed by atoms with Crippen LogP contribution in [0.4, 0.5) is 4.39 Å². The van der Waals surface area contributed by atoms with Crippen LogP contribution >= 0.6 is 0 Å². The SMILES string of the molecule is COc1ccc(S(=O)(=O)N2Cc3ccccc3CC2COCC(=O)NC2CCC(C(c3ccc(F)cc3)N(C)C)CC2)cc1. The first kappa shape index (κ1) is 32.1. The summed E-state index contributed by atoms with van der Waals surface area (Å²) in [6, 6.07) is 20.7. The van der Waals surface area contributed by atoms with E-state index in [1.807, 2.05) is 50.5 Å². The maximum Gasteiger partial charge on any atom is 0.246 e. The van der Waals surface area contributed by atoms with Crippen molar-refractivity contribution in [2.75, 3.05) is 34.4 Å². The Morgan fingerprint density at radius 3 is 2.27 bits per heavy atom. The van der Waals surface area contributed by atoms with Crippen LogP contribution in [0.25, 0.3) is 0 Å². The lowest BCUT2D eigenvalue weighted by Crippen LogP contribution is -2.47. The van der Waals surface area contributed by atoms with E-state index in [2.05, 4.69) is 10.2 Å². The normalized spacial score (nSPS) is 21.4. The molecule has 1 fully saturated rings. The van der Waals surface area contributed by atoms with E-state index < -0.39 is 16.1 Å². The summed E-state index contributed by atoms with van der Waals surface area (Å²) in [6.45, 7) is 0.205. The molecule has 0 spiro atoms. The van der Waals surface area contributed by atoms with E-state index in [-0.39, 0.29) is 48.5 Å². The number of amides is 1. The average molecular weight is 624 g/mol. The van der Waals surface area contributed by atoms with Crippen molar-refractivity contribution in [3.63, 3.8) is 0 Å². The summed E-state index contributed by atoms with van der Waals surface area (Å²) in [5.74, 6) is 0.557. The molecule has 3 aromatic rings. The first-order chi connectivity index (χ1) is 21.2. The molecule has 1 saturated carbocycles. The fourth-order valence-corrected chi connectivity index (χ4v) is 8.25. The van der Waals surface area contributed by atoms with E-state index in [0.29, 0.717) is 18.1 Å². The molecule has 1 aliphatic carbocycles. The van der Waals surface area contributed by atoms with Crippen molar-refractivity contribution < 1.29 is 27.1 Å². The lowest BCUT2D eigenvalue weighted by Gasteiger charge is -2.38. The van der Waals surface area contributed by atoms with Crippen molar-refractivity contribution in [2.24, 2.45) is 5.92 Å². The highest BCUT2D eigenvalue weighted by Crippen LogP contribution is 2.37. The Bertz CT molecular complexity index is 1510. The Hall–Kier alpha value is -3.31. The van der Waals surface area contributed by atoms with E-state index in [0.717, 1.165) is 42.4 Å². The number of carbonyl (C=O) groups excluding carboxylic acids is 1. The molecular formula is C34H42FN3O5S. The minimum Gasteiger partial charge on any atom is -0.497 e. The van der Waals surface area contributed by atoms with Crippen molar-refractivity contribution in [1.29, 1.82) is 0 Å². The Morgan fingerprint density at radius 1 is 0.977 bits per heavy atom. The van der Waals surface area contributed by atoms with Gasteiger partial charge in [0.1, 0.15) is 18.2 Å². The lowest BCUT2D eigenvalue weighted by atomic mass is 9.78. The van der Waals surface area contributed by atoms with Crippen LogP contribution in [0.3, 0.4) is 0 Å². The Balaban J connectivity index is 1.16. The van der Waals surface area contributed by atoms with Crippen LogP contribution in [-0.2, 0) is 32.5 Å². The van der Waals surface area contributed by atoms with Crippen molar-refractivity contribution in [3.8, 4) is 5.75 Å². The van der Waals surface area contributed by atoms with Crippen LogP contribution < -0.4 is 10.1 Å². The van der Waals surface area contributed by atoms with Gasteiger partial charge in [0.15, 0.2) is 0 Å². The van der Waals surface area contributed by atoms with Crippen LogP contribution in [0.15, 0.2) is 77.7 Å². The number of ether oxygens (including phenoxy) is 2. The molecule has 1 N–H and O–H groups in total. The van der Waals surface area contributed by atoms with Crippen molar-refractivity contribution in [3.05, 3.63) is 95.3 Å². The molecule has 44 heavy (non-hydrogen) atoms. The molecular weight excluding hydrogens is 581 g/mol. The summed E-state index contributed by atoms with van der Waals surface area (Å²) in [7, 11) is 1.82. The number of fused-ring (bicyclic) bond motifs is 1. The molecule has 1 aliphatic heterocycles. The molecule has 3 aromatic carbocycles. The van der Waals surface area contributed by atoms with E-state index in [4.69, 9.17) is 9.47 Å². The number of sulfonamides is 1. The van der Waals surface area contributed by atoms with Crippen LogP contribution in [0.5, 0.6) is 5.75 Å². The van der Waals surface area contributed by atoms with Crippen molar-refractivity contribution in [2.45, 2.75) is 61.7 Å². The third kappa shape index (κ3) is 7.48. The van der Waals surface area contributed by atoms with E-state index in [9.17, 15) is 17.6 Å². The fraction of sp³-hybridized carbons (Fsp3) is 0.441. The summed E-state index contributed by atoms with van der Waals surface area (Å²) in [5.41, 5.74) is 3.15. The maximum atomic E-state index is 13.7. The van der Waals surface area contributed by atoms with Gasteiger partial charge in [-0.3, -0.25) is 4.79 Å².